The number of ether oxygens (including phenoxy) is 2. The van der Waals surface area contributed by atoms with Crippen LogP contribution in [-0.4, -0.2) is 46.7 Å². The van der Waals surface area contributed by atoms with Crippen molar-refractivity contribution in [2.24, 2.45) is 0 Å². The second kappa shape index (κ2) is 8.74. The van der Waals surface area contributed by atoms with Crippen molar-refractivity contribution in [1.82, 2.24) is 0 Å². The van der Waals surface area contributed by atoms with Gasteiger partial charge in [0, 0.05) is 37.3 Å². The topological polar surface area (TPSA) is 102 Å². The van der Waals surface area contributed by atoms with Gasteiger partial charge in [-0.1, -0.05) is 0 Å². The number of nitrogens with one attached hydrogen (secondary N) is 1. The van der Waals surface area contributed by atoms with Gasteiger partial charge in [-0.2, -0.15) is 0 Å². The van der Waals surface area contributed by atoms with Crippen LogP contribution in [0.2, 0.25) is 0 Å². The van der Waals surface area contributed by atoms with Gasteiger partial charge in [-0.15, -0.1) is 0 Å². The summed E-state index contributed by atoms with van der Waals surface area (Å²) >= 11 is 0. The molecule has 1 heterocycles. The fourth-order valence-corrected chi connectivity index (χ4v) is 4.67. The summed E-state index contributed by atoms with van der Waals surface area (Å²) in [7, 11) is -0.640. The normalized spacial score (nSPS) is 13.0. The van der Waals surface area contributed by atoms with E-state index in [1.54, 1.807) is 35.2 Å². The lowest BCUT2D eigenvalue weighted by molar-refractivity contribution is -0.117. The zero-order valence-corrected chi connectivity index (χ0v) is 17.9. The maximum absolute atomic E-state index is 12.7. The van der Waals surface area contributed by atoms with Gasteiger partial charge in [0.05, 0.1) is 24.9 Å². The van der Waals surface area contributed by atoms with Crippen LogP contribution in [0.15, 0.2) is 41.3 Å². The number of sulfone groups is 1. The number of fused-ring (bicyclic) bond motifs is 1. The van der Waals surface area contributed by atoms with Crippen molar-refractivity contribution < 1.29 is 27.5 Å². The first-order valence-corrected chi connectivity index (χ1v) is 11.1. The van der Waals surface area contributed by atoms with E-state index in [-0.39, 0.29) is 23.0 Å². The van der Waals surface area contributed by atoms with E-state index in [0.29, 0.717) is 30.2 Å². The monoisotopic (exact) mass is 432 g/mol. The molecule has 0 saturated carbocycles. The number of anilines is 2. The molecule has 0 unspecified atom stereocenters. The maximum atomic E-state index is 12.7. The first kappa shape index (κ1) is 21.6. The number of amides is 2. The van der Waals surface area contributed by atoms with E-state index < -0.39 is 15.7 Å². The van der Waals surface area contributed by atoms with E-state index in [2.05, 4.69) is 5.32 Å². The standard InChI is InChI=1S/C21H24N2O6S/c1-14(24)23-10-8-15-12-17(5-6-18(15)23)30(26,27)11-9-21(25)22-16-4-7-19(28-2)20(13-16)29-3/h4-7,12-13H,8-11H2,1-3H3,(H,22,25). The SMILES string of the molecule is COc1ccc(NC(=O)CCS(=O)(=O)c2ccc3c(c2)CCN3C(C)=O)cc1OC. The summed E-state index contributed by atoms with van der Waals surface area (Å²) in [6.07, 6.45) is 0.422. The van der Waals surface area contributed by atoms with Crippen LogP contribution in [0.25, 0.3) is 0 Å². The summed E-state index contributed by atoms with van der Waals surface area (Å²) < 4.78 is 35.7. The van der Waals surface area contributed by atoms with Gasteiger partial charge >= 0.3 is 0 Å². The summed E-state index contributed by atoms with van der Waals surface area (Å²) in [6, 6.07) is 9.64. The molecule has 2 aromatic rings. The van der Waals surface area contributed by atoms with Crippen LogP contribution in [-0.2, 0) is 25.8 Å². The van der Waals surface area contributed by atoms with Gasteiger partial charge in [-0.3, -0.25) is 9.59 Å². The summed E-state index contributed by atoms with van der Waals surface area (Å²) in [6.45, 7) is 2.03. The third-order valence-electron chi connectivity index (χ3n) is 4.95. The Hall–Kier alpha value is -3.07. The molecule has 1 N–H and O–H groups in total. The fraction of sp³-hybridized carbons (Fsp3) is 0.333. The van der Waals surface area contributed by atoms with Gasteiger partial charge in [-0.05, 0) is 42.3 Å². The van der Waals surface area contributed by atoms with Crippen molar-refractivity contribution >= 4 is 33.0 Å². The van der Waals surface area contributed by atoms with E-state index in [1.807, 2.05) is 0 Å². The lowest BCUT2D eigenvalue weighted by atomic mass is 10.2. The molecular weight excluding hydrogens is 408 g/mol. The molecule has 0 aliphatic carbocycles. The summed E-state index contributed by atoms with van der Waals surface area (Å²) in [4.78, 5) is 25.7. The van der Waals surface area contributed by atoms with Crippen LogP contribution < -0.4 is 19.7 Å². The molecule has 3 rings (SSSR count). The number of carbonyl (C=O) groups is 2. The van der Waals surface area contributed by atoms with E-state index in [4.69, 9.17) is 9.47 Å². The maximum Gasteiger partial charge on any atom is 0.225 e. The minimum atomic E-state index is -3.64. The van der Waals surface area contributed by atoms with Crippen molar-refractivity contribution in [3.05, 3.63) is 42.0 Å². The first-order chi connectivity index (χ1) is 14.2. The zero-order chi connectivity index (χ0) is 21.9. The molecule has 0 spiro atoms. The minimum Gasteiger partial charge on any atom is -0.493 e. The Balaban J connectivity index is 1.65. The highest BCUT2D eigenvalue weighted by Crippen LogP contribution is 2.31. The first-order valence-electron chi connectivity index (χ1n) is 9.41. The van der Waals surface area contributed by atoms with Crippen LogP contribution >= 0.6 is 0 Å². The number of rotatable bonds is 7. The minimum absolute atomic E-state index is 0.0730. The molecule has 0 atom stereocenters. The van der Waals surface area contributed by atoms with Gasteiger partial charge in [0.25, 0.3) is 0 Å². The summed E-state index contributed by atoms with van der Waals surface area (Å²) in [5.41, 5.74) is 2.05. The highest BCUT2D eigenvalue weighted by atomic mass is 32.2. The van der Waals surface area contributed by atoms with Crippen LogP contribution in [0.5, 0.6) is 11.5 Å². The molecule has 9 heteroatoms. The molecule has 1 aliphatic rings. The molecule has 0 fully saturated rings. The number of benzene rings is 2. The predicted molar refractivity (Wildman–Crippen MR) is 113 cm³/mol. The average Bonchev–Trinajstić information content (AvgIpc) is 3.16. The zero-order valence-electron chi connectivity index (χ0n) is 17.1. The summed E-state index contributed by atoms with van der Waals surface area (Å²) in [5, 5.41) is 2.67. The van der Waals surface area contributed by atoms with Crippen molar-refractivity contribution in [1.29, 1.82) is 0 Å². The molecule has 2 aromatic carbocycles. The van der Waals surface area contributed by atoms with Crippen molar-refractivity contribution in [2.45, 2.75) is 24.7 Å². The van der Waals surface area contributed by atoms with Crippen LogP contribution in [0.3, 0.4) is 0 Å². The lowest BCUT2D eigenvalue weighted by Gasteiger charge is -2.15. The molecule has 0 aromatic heterocycles. The van der Waals surface area contributed by atoms with E-state index >= 15 is 0 Å². The van der Waals surface area contributed by atoms with Gasteiger partial charge in [0.2, 0.25) is 11.8 Å². The van der Waals surface area contributed by atoms with Crippen molar-refractivity contribution in [2.75, 3.05) is 36.7 Å². The molecule has 2 amide bonds. The Labute approximate surface area is 175 Å². The third kappa shape index (κ3) is 4.56. The number of carbonyl (C=O) groups excluding carboxylic acids is 2. The average molecular weight is 432 g/mol. The molecule has 30 heavy (non-hydrogen) atoms. The number of hydrogen-bond acceptors (Lipinski definition) is 6. The highest BCUT2D eigenvalue weighted by molar-refractivity contribution is 7.91. The van der Waals surface area contributed by atoms with Crippen molar-refractivity contribution in [3.63, 3.8) is 0 Å². The van der Waals surface area contributed by atoms with Gasteiger partial charge in [0.1, 0.15) is 0 Å². The van der Waals surface area contributed by atoms with E-state index in [0.717, 1.165) is 11.3 Å². The quantitative estimate of drug-likeness (QED) is 0.721. The molecular formula is C21H24N2O6S. The predicted octanol–water partition coefficient (Wildman–Crippen LogP) is 2.42. The second-order valence-electron chi connectivity index (χ2n) is 6.90. The van der Waals surface area contributed by atoms with E-state index in [1.165, 1.54) is 27.2 Å². The van der Waals surface area contributed by atoms with Gasteiger partial charge in [0.15, 0.2) is 21.3 Å². The molecule has 160 valence electrons. The molecule has 8 nitrogen and oxygen atoms in total. The molecule has 1 aliphatic heterocycles. The van der Waals surface area contributed by atoms with Gasteiger partial charge in [-0.25, -0.2) is 8.42 Å². The number of nitrogens with zero attached hydrogens (tertiary/aromatic N) is 1. The smallest absolute Gasteiger partial charge is 0.225 e. The fourth-order valence-electron chi connectivity index (χ4n) is 3.38. The molecule has 0 radical (unpaired) electrons. The number of hydrogen-bond donors (Lipinski definition) is 1. The third-order valence-corrected chi connectivity index (χ3v) is 6.66. The molecule has 0 saturated heterocycles. The number of methoxy groups -OCH3 is 2. The Kier molecular flexibility index (Phi) is 6.31. The van der Waals surface area contributed by atoms with Crippen LogP contribution in [0, 0.1) is 0 Å². The second-order valence-corrected chi connectivity index (χ2v) is 9.01. The lowest BCUT2D eigenvalue weighted by Crippen LogP contribution is -2.25. The highest BCUT2D eigenvalue weighted by Gasteiger charge is 2.25. The van der Waals surface area contributed by atoms with Crippen molar-refractivity contribution in [3.8, 4) is 11.5 Å². The Morgan fingerprint density at radius 1 is 1.07 bits per heavy atom. The van der Waals surface area contributed by atoms with E-state index in [9.17, 15) is 18.0 Å². The Morgan fingerprint density at radius 2 is 1.80 bits per heavy atom. The molecule has 0 bridgehead atoms. The largest absolute Gasteiger partial charge is 0.493 e. The van der Waals surface area contributed by atoms with Gasteiger partial charge < -0.3 is 19.7 Å². The Morgan fingerprint density at radius 3 is 2.47 bits per heavy atom. The van der Waals surface area contributed by atoms with Crippen LogP contribution in [0.1, 0.15) is 18.9 Å². The Bertz CT molecular complexity index is 1080. The van der Waals surface area contributed by atoms with Crippen LogP contribution in [0.4, 0.5) is 11.4 Å². The summed E-state index contributed by atoms with van der Waals surface area (Å²) in [5.74, 6) is 0.172.